The van der Waals surface area contributed by atoms with E-state index in [4.69, 9.17) is 16.0 Å². The molecule has 0 aliphatic carbocycles. The van der Waals surface area contributed by atoms with Gasteiger partial charge in [-0.15, -0.1) is 0 Å². The molecule has 2 N–H and O–H groups in total. The Bertz CT molecular complexity index is 1180. The Kier molecular flexibility index (Phi) is 5.06. The molecule has 6 heteroatoms. The number of nitrogens with one attached hydrogen (secondary N) is 2. The Balaban J connectivity index is 1.42. The summed E-state index contributed by atoms with van der Waals surface area (Å²) in [6, 6.07) is 21.1. The molecule has 1 aromatic heterocycles. The van der Waals surface area contributed by atoms with E-state index in [2.05, 4.69) is 10.6 Å². The molecule has 0 fully saturated rings. The third-order valence-corrected chi connectivity index (χ3v) is 4.89. The number of carbonyl (C=O) groups is 2. The van der Waals surface area contributed by atoms with Gasteiger partial charge in [0.15, 0.2) is 5.76 Å². The largest absolute Gasteiger partial charge is 0.451 e. The summed E-state index contributed by atoms with van der Waals surface area (Å²) in [5.74, 6) is -0.363. The highest BCUT2D eigenvalue weighted by Gasteiger charge is 2.13. The Labute approximate surface area is 172 Å². The van der Waals surface area contributed by atoms with Crippen LogP contribution in [0.25, 0.3) is 11.0 Å². The zero-order chi connectivity index (χ0) is 20.4. The molecule has 4 aromatic rings. The normalized spacial score (nSPS) is 10.7. The SMILES string of the molecule is Cc1ccc(C(=O)Nc2ccc(NC(=O)c3cc4ccccc4o3)cc2)cc1Cl. The van der Waals surface area contributed by atoms with Crippen molar-refractivity contribution in [3.8, 4) is 0 Å². The predicted octanol–water partition coefficient (Wildman–Crippen LogP) is 5.90. The topological polar surface area (TPSA) is 71.3 Å². The van der Waals surface area contributed by atoms with Crippen LogP contribution in [0.1, 0.15) is 26.5 Å². The van der Waals surface area contributed by atoms with Crippen LogP contribution in [0.15, 0.2) is 77.2 Å². The molecule has 1 heterocycles. The standard InChI is InChI=1S/C23H17ClN2O3/c1-14-6-7-16(12-19(14)24)22(27)25-17-8-10-18(11-9-17)26-23(28)21-13-15-4-2-3-5-20(15)29-21/h2-13H,1H3,(H,25,27)(H,26,28). The molecule has 4 rings (SSSR count). The van der Waals surface area contributed by atoms with Crippen molar-refractivity contribution in [3.63, 3.8) is 0 Å². The van der Waals surface area contributed by atoms with Crippen LogP contribution in [0.4, 0.5) is 11.4 Å². The van der Waals surface area contributed by atoms with E-state index in [1.807, 2.05) is 31.2 Å². The van der Waals surface area contributed by atoms with Crippen LogP contribution in [0.5, 0.6) is 0 Å². The highest BCUT2D eigenvalue weighted by atomic mass is 35.5. The molecule has 2 amide bonds. The quantitative estimate of drug-likeness (QED) is 0.445. The van der Waals surface area contributed by atoms with Gasteiger partial charge in [-0.2, -0.15) is 0 Å². The van der Waals surface area contributed by atoms with Crippen LogP contribution in [0.2, 0.25) is 5.02 Å². The van der Waals surface area contributed by atoms with Crippen molar-refractivity contribution in [2.24, 2.45) is 0 Å². The summed E-state index contributed by atoms with van der Waals surface area (Å²) < 4.78 is 5.57. The molecule has 0 aliphatic rings. The number of amides is 2. The summed E-state index contributed by atoms with van der Waals surface area (Å²) in [6.07, 6.45) is 0. The van der Waals surface area contributed by atoms with E-state index in [1.54, 1.807) is 48.5 Å². The fourth-order valence-electron chi connectivity index (χ4n) is 2.86. The lowest BCUT2D eigenvalue weighted by Crippen LogP contribution is -2.13. The number of hydrogen-bond donors (Lipinski definition) is 2. The Morgan fingerprint density at radius 3 is 2.14 bits per heavy atom. The maximum absolute atomic E-state index is 12.4. The molecule has 5 nitrogen and oxygen atoms in total. The maximum atomic E-state index is 12.4. The third-order valence-electron chi connectivity index (χ3n) is 4.48. The first-order chi connectivity index (χ1) is 14.0. The van der Waals surface area contributed by atoms with E-state index in [9.17, 15) is 9.59 Å². The predicted molar refractivity (Wildman–Crippen MR) is 115 cm³/mol. The van der Waals surface area contributed by atoms with Crippen LogP contribution in [-0.2, 0) is 0 Å². The number of aryl methyl sites for hydroxylation is 1. The van der Waals surface area contributed by atoms with Crippen molar-refractivity contribution in [3.05, 3.63) is 94.7 Å². The highest BCUT2D eigenvalue weighted by Crippen LogP contribution is 2.21. The molecule has 0 aliphatic heterocycles. The van der Waals surface area contributed by atoms with E-state index in [-0.39, 0.29) is 17.6 Å². The Morgan fingerprint density at radius 2 is 1.48 bits per heavy atom. The molecular weight excluding hydrogens is 388 g/mol. The van der Waals surface area contributed by atoms with Gasteiger partial charge in [0.2, 0.25) is 0 Å². The second kappa shape index (κ2) is 7.81. The molecule has 0 radical (unpaired) electrons. The van der Waals surface area contributed by atoms with Gasteiger partial charge in [-0.3, -0.25) is 9.59 Å². The molecule has 0 saturated carbocycles. The van der Waals surface area contributed by atoms with Gasteiger partial charge in [0.25, 0.3) is 11.8 Å². The van der Waals surface area contributed by atoms with E-state index < -0.39 is 0 Å². The van der Waals surface area contributed by atoms with Crippen LogP contribution in [0.3, 0.4) is 0 Å². The van der Waals surface area contributed by atoms with Crippen molar-refractivity contribution in [1.29, 1.82) is 0 Å². The smallest absolute Gasteiger partial charge is 0.291 e. The van der Waals surface area contributed by atoms with Gasteiger partial charge in [-0.05, 0) is 61.0 Å². The molecule has 3 aromatic carbocycles. The fourth-order valence-corrected chi connectivity index (χ4v) is 3.04. The summed E-state index contributed by atoms with van der Waals surface area (Å²) in [7, 11) is 0. The first kappa shape index (κ1) is 18.8. The molecule has 0 saturated heterocycles. The number of hydrogen-bond acceptors (Lipinski definition) is 3. The van der Waals surface area contributed by atoms with Crippen molar-refractivity contribution in [2.75, 3.05) is 10.6 Å². The van der Waals surface area contributed by atoms with Gasteiger partial charge < -0.3 is 15.1 Å². The summed E-state index contributed by atoms with van der Waals surface area (Å²) in [5.41, 5.74) is 3.24. The number of anilines is 2. The lowest BCUT2D eigenvalue weighted by molar-refractivity contribution is 0.0996. The number of furan rings is 1. The van der Waals surface area contributed by atoms with Crippen LogP contribution in [-0.4, -0.2) is 11.8 Å². The molecular formula is C23H17ClN2O3. The third kappa shape index (κ3) is 4.15. The van der Waals surface area contributed by atoms with Crippen molar-refractivity contribution < 1.29 is 14.0 Å². The average molecular weight is 405 g/mol. The zero-order valence-corrected chi connectivity index (χ0v) is 16.3. The van der Waals surface area contributed by atoms with Gasteiger partial charge >= 0.3 is 0 Å². The van der Waals surface area contributed by atoms with Crippen molar-refractivity contribution >= 4 is 45.8 Å². The van der Waals surface area contributed by atoms with Gasteiger partial charge in [0.05, 0.1) is 0 Å². The highest BCUT2D eigenvalue weighted by molar-refractivity contribution is 6.31. The molecule has 0 spiro atoms. The zero-order valence-electron chi connectivity index (χ0n) is 15.5. The second-order valence-corrected chi connectivity index (χ2v) is 7.01. The minimum absolute atomic E-state index is 0.236. The molecule has 0 unspecified atom stereocenters. The van der Waals surface area contributed by atoms with Crippen LogP contribution in [0, 0.1) is 6.92 Å². The molecule has 29 heavy (non-hydrogen) atoms. The summed E-state index contributed by atoms with van der Waals surface area (Å²) in [6.45, 7) is 1.88. The van der Waals surface area contributed by atoms with Crippen molar-refractivity contribution in [1.82, 2.24) is 0 Å². The van der Waals surface area contributed by atoms with E-state index in [0.29, 0.717) is 27.5 Å². The van der Waals surface area contributed by atoms with Crippen LogP contribution >= 0.6 is 11.6 Å². The first-order valence-corrected chi connectivity index (χ1v) is 9.35. The Morgan fingerprint density at radius 1 is 0.828 bits per heavy atom. The molecule has 0 bridgehead atoms. The number of rotatable bonds is 4. The van der Waals surface area contributed by atoms with Gasteiger partial charge in [0, 0.05) is 27.3 Å². The van der Waals surface area contributed by atoms with Crippen LogP contribution < -0.4 is 10.6 Å². The lowest BCUT2D eigenvalue weighted by atomic mass is 10.1. The Hall–Kier alpha value is -3.57. The van der Waals surface area contributed by atoms with Crippen molar-refractivity contribution in [2.45, 2.75) is 6.92 Å². The lowest BCUT2D eigenvalue weighted by Gasteiger charge is -2.08. The summed E-state index contributed by atoms with van der Waals surface area (Å²) in [5, 5.41) is 7.00. The number of fused-ring (bicyclic) bond motifs is 1. The summed E-state index contributed by atoms with van der Waals surface area (Å²) >= 11 is 6.08. The number of carbonyl (C=O) groups excluding carboxylic acids is 2. The maximum Gasteiger partial charge on any atom is 0.291 e. The molecule has 144 valence electrons. The van der Waals surface area contributed by atoms with Gasteiger partial charge in [0.1, 0.15) is 5.58 Å². The van der Waals surface area contributed by atoms with E-state index in [1.165, 1.54) is 0 Å². The second-order valence-electron chi connectivity index (χ2n) is 6.60. The number of para-hydroxylation sites is 1. The average Bonchev–Trinajstić information content (AvgIpc) is 3.16. The first-order valence-electron chi connectivity index (χ1n) is 8.97. The number of halogens is 1. The number of benzene rings is 3. The fraction of sp³-hybridized carbons (Fsp3) is 0.0435. The van der Waals surface area contributed by atoms with E-state index in [0.717, 1.165) is 10.9 Å². The summed E-state index contributed by atoms with van der Waals surface area (Å²) in [4.78, 5) is 24.8. The monoisotopic (exact) mass is 404 g/mol. The minimum atomic E-state index is -0.340. The van der Waals surface area contributed by atoms with Gasteiger partial charge in [-0.25, -0.2) is 0 Å². The van der Waals surface area contributed by atoms with Gasteiger partial charge in [-0.1, -0.05) is 35.9 Å². The van der Waals surface area contributed by atoms with E-state index >= 15 is 0 Å². The minimum Gasteiger partial charge on any atom is -0.451 e. The molecule has 0 atom stereocenters.